The van der Waals surface area contributed by atoms with Crippen LogP contribution in [0, 0.1) is 6.92 Å². The van der Waals surface area contributed by atoms with E-state index in [9.17, 15) is 4.79 Å². The Balaban J connectivity index is 1.33. The van der Waals surface area contributed by atoms with Gasteiger partial charge in [-0.25, -0.2) is 0 Å². The Labute approximate surface area is 181 Å². The molecule has 0 unspecified atom stereocenters. The molecule has 0 atom stereocenters. The Kier molecular flexibility index (Phi) is 6.32. The predicted molar refractivity (Wildman–Crippen MR) is 121 cm³/mol. The fourth-order valence-electron chi connectivity index (χ4n) is 3.86. The van der Waals surface area contributed by atoms with E-state index in [-0.39, 0.29) is 6.42 Å². The summed E-state index contributed by atoms with van der Waals surface area (Å²) in [5.74, 6) is -0.179. The maximum atomic E-state index is 11.0. The topological polar surface area (TPSA) is 68.1 Å². The van der Waals surface area contributed by atoms with Crippen molar-refractivity contribution in [1.29, 1.82) is 0 Å². The van der Waals surface area contributed by atoms with Gasteiger partial charge >= 0.3 is 5.97 Å². The number of nitrogens with zero attached hydrogens (tertiary/aromatic N) is 1. The zero-order valence-corrected chi connectivity index (χ0v) is 17.5. The van der Waals surface area contributed by atoms with Gasteiger partial charge in [-0.15, -0.1) is 0 Å². The van der Waals surface area contributed by atoms with E-state index in [4.69, 9.17) is 14.7 Å². The number of rotatable bonds is 8. The highest BCUT2D eigenvalue weighted by molar-refractivity contribution is 6.04. The molecular weight excluding hydrogens is 390 g/mol. The second-order valence-corrected chi connectivity index (χ2v) is 7.57. The molecule has 0 amide bonds. The first-order valence-corrected chi connectivity index (χ1v) is 10.4. The summed E-state index contributed by atoms with van der Waals surface area (Å²) in [5.41, 5.74) is 7.44. The van der Waals surface area contributed by atoms with Crippen molar-refractivity contribution in [2.24, 2.45) is 5.16 Å². The number of carboxylic acid groups (broad SMARTS) is 1. The zero-order valence-electron chi connectivity index (χ0n) is 17.5. The number of ether oxygens (including phenoxy) is 1. The molecule has 1 aliphatic carbocycles. The summed E-state index contributed by atoms with van der Waals surface area (Å²) < 4.78 is 5.77. The van der Waals surface area contributed by atoms with Crippen molar-refractivity contribution in [1.82, 2.24) is 0 Å². The first kappa shape index (κ1) is 20.7. The lowest BCUT2D eigenvalue weighted by atomic mass is 10.0. The third kappa shape index (κ3) is 4.94. The zero-order chi connectivity index (χ0) is 21.6. The molecule has 4 rings (SSSR count). The quantitative estimate of drug-likeness (QED) is 0.414. The molecule has 0 radical (unpaired) electrons. The third-order valence-corrected chi connectivity index (χ3v) is 5.50. The summed E-state index contributed by atoms with van der Waals surface area (Å²) in [4.78, 5) is 16.5. The summed E-state index contributed by atoms with van der Waals surface area (Å²) in [6, 6.07) is 22.3. The van der Waals surface area contributed by atoms with Crippen molar-refractivity contribution in [2.45, 2.75) is 26.2 Å². The van der Waals surface area contributed by atoms with E-state index in [0.717, 1.165) is 35.2 Å². The summed E-state index contributed by atoms with van der Waals surface area (Å²) in [7, 11) is 0. The number of aliphatic carboxylic acids is 1. The molecule has 0 saturated heterocycles. The number of oxime groups is 1. The van der Waals surface area contributed by atoms with Gasteiger partial charge in [0.25, 0.3) is 0 Å². The fourth-order valence-corrected chi connectivity index (χ4v) is 3.86. The number of carboxylic acids is 1. The molecule has 3 aromatic rings. The molecule has 0 heterocycles. The van der Waals surface area contributed by atoms with Crippen LogP contribution in [0.4, 0.5) is 0 Å². The van der Waals surface area contributed by atoms with Crippen LogP contribution in [-0.2, 0) is 22.5 Å². The molecule has 0 fully saturated rings. The van der Waals surface area contributed by atoms with E-state index >= 15 is 0 Å². The second kappa shape index (κ2) is 9.47. The molecule has 0 bridgehead atoms. The smallest absolute Gasteiger partial charge is 0.307 e. The molecular formula is C26H25NO4. The highest BCUT2D eigenvalue weighted by Gasteiger charge is 2.19. The van der Waals surface area contributed by atoms with Gasteiger partial charge in [-0.2, -0.15) is 0 Å². The van der Waals surface area contributed by atoms with Crippen LogP contribution in [0.2, 0.25) is 0 Å². The summed E-state index contributed by atoms with van der Waals surface area (Å²) in [6.07, 6.45) is 1.81. The molecule has 5 nitrogen and oxygen atoms in total. The van der Waals surface area contributed by atoms with Crippen LogP contribution < -0.4 is 4.74 Å². The van der Waals surface area contributed by atoms with E-state index in [1.165, 1.54) is 16.7 Å². The van der Waals surface area contributed by atoms with Crippen molar-refractivity contribution in [3.63, 3.8) is 0 Å². The van der Waals surface area contributed by atoms with Gasteiger partial charge in [-0.1, -0.05) is 65.8 Å². The monoisotopic (exact) mass is 415 g/mol. The van der Waals surface area contributed by atoms with Gasteiger partial charge in [0, 0.05) is 5.56 Å². The minimum atomic E-state index is -0.854. The molecule has 0 aliphatic heterocycles. The van der Waals surface area contributed by atoms with Crippen LogP contribution in [0.5, 0.6) is 5.75 Å². The molecule has 1 aliphatic rings. The SMILES string of the molecule is Cc1c(CC(=O)O)cccc1OCCON=C1CCc2cc(-c3ccccc3)ccc21. The Morgan fingerprint density at radius 3 is 2.61 bits per heavy atom. The first-order chi connectivity index (χ1) is 15.1. The number of hydrogen-bond donors (Lipinski definition) is 1. The molecule has 1 N–H and O–H groups in total. The Morgan fingerprint density at radius 2 is 1.81 bits per heavy atom. The Morgan fingerprint density at radius 1 is 0.968 bits per heavy atom. The van der Waals surface area contributed by atoms with Crippen molar-refractivity contribution in [2.75, 3.05) is 13.2 Å². The molecule has 0 spiro atoms. The largest absolute Gasteiger partial charge is 0.490 e. The molecule has 158 valence electrons. The van der Waals surface area contributed by atoms with E-state index in [1.807, 2.05) is 19.1 Å². The predicted octanol–water partition coefficient (Wildman–Crippen LogP) is 5.04. The minimum absolute atomic E-state index is 0.0153. The van der Waals surface area contributed by atoms with Crippen molar-refractivity contribution in [3.05, 3.63) is 89.0 Å². The van der Waals surface area contributed by atoms with Crippen LogP contribution in [0.15, 0.2) is 71.9 Å². The van der Waals surface area contributed by atoms with Gasteiger partial charge in [-0.3, -0.25) is 4.79 Å². The lowest BCUT2D eigenvalue weighted by Crippen LogP contribution is -2.08. The van der Waals surface area contributed by atoms with Crippen molar-refractivity contribution >= 4 is 11.7 Å². The number of hydrogen-bond acceptors (Lipinski definition) is 4. The normalized spacial score (nSPS) is 13.8. The average molecular weight is 415 g/mol. The summed E-state index contributed by atoms with van der Waals surface area (Å²) in [5, 5.41) is 13.3. The Bertz CT molecular complexity index is 1110. The van der Waals surface area contributed by atoms with Gasteiger partial charge in [-0.05, 0) is 53.6 Å². The van der Waals surface area contributed by atoms with Crippen LogP contribution >= 0.6 is 0 Å². The van der Waals surface area contributed by atoms with E-state index in [1.54, 1.807) is 12.1 Å². The van der Waals surface area contributed by atoms with Crippen LogP contribution in [0.25, 0.3) is 11.1 Å². The molecule has 5 heteroatoms. The van der Waals surface area contributed by atoms with E-state index < -0.39 is 5.97 Å². The van der Waals surface area contributed by atoms with Gasteiger partial charge in [0.1, 0.15) is 12.4 Å². The van der Waals surface area contributed by atoms with E-state index in [2.05, 4.69) is 47.6 Å². The number of aryl methyl sites for hydroxylation is 1. The van der Waals surface area contributed by atoms with E-state index in [0.29, 0.717) is 19.0 Å². The van der Waals surface area contributed by atoms with Crippen LogP contribution in [-0.4, -0.2) is 30.0 Å². The lowest BCUT2D eigenvalue weighted by molar-refractivity contribution is -0.136. The number of carbonyl (C=O) groups is 1. The molecule has 3 aromatic carbocycles. The van der Waals surface area contributed by atoms with Crippen LogP contribution in [0.1, 0.15) is 28.7 Å². The summed E-state index contributed by atoms with van der Waals surface area (Å²) in [6.45, 7) is 2.53. The van der Waals surface area contributed by atoms with Crippen LogP contribution in [0.3, 0.4) is 0 Å². The highest BCUT2D eigenvalue weighted by atomic mass is 16.6. The standard InChI is InChI=1S/C26H25NO4/c1-18-20(17-26(28)29)8-5-9-25(18)30-14-15-31-27-24-13-11-22-16-21(10-12-23(22)24)19-6-3-2-4-7-19/h2-10,12,16H,11,13-15,17H2,1H3,(H,28,29). The van der Waals surface area contributed by atoms with Gasteiger partial charge in [0.2, 0.25) is 0 Å². The summed E-state index contributed by atoms with van der Waals surface area (Å²) >= 11 is 0. The Hall–Kier alpha value is -3.60. The maximum absolute atomic E-state index is 11.0. The second-order valence-electron chi connectivity index (χ2n) is 7.57. The first-order valence-electron chi connectivity index (χ1n) is 10.4. The number of benzene rings is 3. The van der Waals surface area contributed by atoms with Gasteiger partial charge in [0.15, 0.2) is 6.61 Å². The molecule has 31 heavy (non-hydrogen) atoms. The molecule has 0 aromatic heterocycles. The minimum Gasteiger partial charge on any atom is -0.490 e. The van der Waals surface area contributed by atoms with Crippen molar-refractivity contribution in [3.8, 4) is 16.9 Å². The van der Waals surface area contributed by atoms with Crippen molar-refractivity contribution < 1.29 is 19.5 Å². The highest BCUT2D eigenvalue weighted by Crippen LogP contribution is 2.28. The number of fused-ring (bicyclic) bond motifs is 1. The average Bonchev–Trinajstić information content (AvgIpc) is 3.18. The van der Waals surface area contributed by atoms with Gasteiger partial charge in [0.05, 0.1) is 12.1 Å². The third-order valence-electron chi connectivity index (χ3n) is 5.50. The lowest BCUT2D eigenvalue weighted by Gasteiger charge is -2.11. The fraction of sp³-hybridized carbons (Fsp3) is 0.231. The molecule has 0 saturated carbocycles. The van der Waals surface area contributed by atoms with Gasteiger partial charge < -0.3 is 14.7 Å². The maximum Gasteiger partial charge on any atom is 0.307 e.